The third-order valence-electron chi connectivity index (χ3n) is 1.67. The van der Waals surface area contributed by atoms with E-state index in [0.717, 1.165) is 6.07 Å². The normalized spacial score (nSPS) is 9.85. The Hall–Kier alpha value is -1.45. The smallest absolute Gasteiger partial charge is 0.182 e. The Labute approximate surface area is 74.8 Å². The highest BCUT2D eigenvalue weighted by atomic mass is 19.2. The molecule has 70 valence electrons. The van der Waals surface area contributed by atoms with Crippen LogP contribution >= 0.6 is 0 Å². The highest BCUT2D eigenvalue weighted by molar-refractivity contribution is 5.84. The van der Waals surface area contributed by atoms with Gasteiger partial charge in [-0.3, -0.25) is 4.79 Å². The number of nitrogens with zero attached hydrogens (tertiary/aromatic N) is 1. The molecule has 0 saturated heterocycles. The SMILES string of the molecule is CN(C)c1c(C=O)ccc(F)c1F. The first-order chi connectivity index (χ1) is 6.07. The summed E-state index contributed by atoms with van der Waals surface area (Å²) in [7, 11) is 3.09. The monoisotopic (exact) mass is 185 g/mol. The van der Waals surface area contributed by atoms with Crippen LogP contribution in [0.5, 0.6) is 0 Å². The molecule has 0 radical (unpaired) electrons. The van der Waals surface area contributed by atoms with Gasteiger partial charge in [0.2, 0.25) is 0 Å². The number of anilines is 1. The molecule has 0 amide bonds. The van der Waals surface area contributed by atoms with Gasteiger partial charge in [-0.05, 0) is 12.1 Å². The number of hydrogen-bond donors (Lipinski definition) is 0. The lowest BCUT2D eigenvalue weighted by molar-refractivity contribution is 0.112. The van der Waals surface area contributed by atoms with Crippen molar-refractivity contribution in [2.24, 2.45) is 0 Å². The third-order valence-corrected chi connectivity index (χ3v) is 1.67. The number of carbonyl (C=O) groups is 1. The summed E-state index contributed by atoms with van der Waals surface area (Å²) in [5, 5.41) is 0. The van der Waals surface area contributed by atoms with Crippen LogP contribution in [0.25, 0.3) is 0 Å². The molecule has 1 rings (SSSR count). The topological polar surface area (TPSA) is 20.3 Å². The number of rotatable bonds is 2. The Bertz CT molecular complexity index is 337. The van der Waals surface area contributed by atoms with Crippen LogP contribution in [0.1, 0.15) is 10.4 Å². The Morgan fingerprint density at radius 2 is 1.92 bits per heavy atom. The summed E-state index contributed by atoms with van der Waals surface area (Å²) in [6.07, 6.45) is 0.498. The van der Waals surface area contributed by atoms with Crippen LogP contribution < -0.4 is 4.90 Å². The van der Waals surface area contributed by atoms with E-state index in [1.165, 1.54) is 11.0 Å². The van der Waals surface area contributed by atoms with Crippen molar-refractivity contribution in [2.75, 3.05) is 19.0 Å². The molecule has 0 aliphatic rings. The van der Waals surface area contributed by atoms with Gasteiger partial charge in [0.25, 0.3) is 0 Å². The van der Waals surface area contributed by atoms with Crippen LogP contribution in [0.4, 0.5) is 14.5 Å². The molecule has 0 bridgehead atoms. The van der Waals surface area contributed by atoms with E-state index in [0.29, 0.717) is 6.29 Å². The van der Waals surface area contributed by atoms with Crippen molar-refractivity contribution >= 4 is 12.0 Å². The standard InChI is InChI=1S/C9H9F2NO/c1-12(2)9-6(5-13)3-4-7(10)8(9)11/h3-5H,1-2H3. The van der Waals surface area contributed by atoms with Crippen molar-refractivity contribution in [1.29, 1.82) is 0 Å². The fraction of sp³-hybridized carbons (Fsp3) is 0.222. The molecule has 0 unspecified atom stereocenters. The number of aldehydes is 1. The predicted octanol–water partition coefficient (Wildman–Crippen LogP) is 1.84. The quantitative estimate of drug-likeness (QED) is 0.655. The van der Waals surface area contributed by atoms with E-state index in [-0.39, 0.29) is 11.3 Å². The maximum atomic E-state index is 13.1. The summed E-state index contributed by atoms with van der Waals surface area (Å²) in [6.45, 7) is 0. The first-order valence-electron chi connectivity index (χ1n) is 3.68. The average molecular weight is 185 g/mol. The molecule has 0 aliphatic carbocycles. The lowest BCUT2D eigenvalue weighted by Crippen LogP contribution is -2.14. The van der Waals surface area contributed by atoms with Gasteiger partial charge in [-0.2, -0.15) is 0 Å². The van der Waals surface area contributed by atoms with Crippen molar-refractivity contribution in [2.45, 2.75) is 0 Å². The van der Waals surface area contributed by atoms with Gasteiger partial charge in [0.15, 0.2) is 17.9 Å². The molecule has 13 heavy (non-hydrogen) atoms. The van der Waals surface area contributed by atoms with Crippen LogP contribution in [0.2, 0.25) is 0 Å². The Kier molecular flexibility index (Phi) is 2.60. The number of hydrogen-bond acceptors (Lipinski definition) is 2. The summed E-state index contributed by atoms with van der Waals surface area (Å²) < 4.78 is 25.9. The first-order valence-corrected chi connectivity index (χ1v) is 3.68. The minimum atomic E-state index is -0.991. The highest BCUT2D eigenvalue weighted by Crippen LogP contribution is 2.23. The molecule has 0 aromatic heterocycles. The van der Waals surface area contributed by atoms with Crippen LogP contribution in [0.15, 0.2) is 12.1 Å². The number of carbonyl (C=O) groups excluding carboxylic acids is 1. The number of halogens is 2. The second-order valence-corrected chi connectivity index (χ2v) is 2.81. The second-order valence-electron chi connectivity index (χ2n) is 2.81. The first kappa shape index (κ1) is 9.64. The summed E-state index contributed by atoms with van der Waals surface area (Å²) >= 11 is 0. The van der Waals surface area contributed by atoms with Crippen molar-refractivity contribution in [1.82, 2.24) is 0 Å². The molecule has 0 N–H and O–H groups in total. The van der Waals surface area contributed by atoms with Crippen molar-refractivity contribution in [3.05, 3.63) is 29.3 Å². The molecule has 0 aliphatic heterocycles. The fourth-order valence-corrected chi connectivity index (χ4v) is 1.10. The largest absolute Gasteiger partial charge is 0.375 e. The third kappa shape index (κ3) is 1.66. The van der Waals surface area contributed by atoms with Crippen LogP contribution in [-0.2, 0) is 0 Å². The Morgan fingerprint density at radius 1 is 1.31 bits per heavy atom. The van der Waals surface area contributed by atoms with Gasteiger partial charge in [-0.1, -0.05) is 0 Å². The molecule has 0 heterocycles. The van der Waals surface area contributed by atoms with Crippen LogP contribution in [-0.4, -0.2) is 20.4 Å². The molecule has 0 saturated carbocycles. The zero-order chi connectivity index (χ0) is 10.0. The minimum Gasteiger partial charge on any atom is -0.375 e. The van der Waals surface area contributed by atoms with Crippen LogP contribution in [0.3, 0.4) is 0 Å². The lowest BCUT2D eigenvalue weighted by Gasteiger charge is -2.15. The van der Waals surface area contributed by atoms with E-state index in [4.69, 9.17) is 0 Å². The molecule has 1 aromatic rings. The minimum absolute atomic E-state index is 0.0185. The number of benzene rings is 1. The molecule has 0 fully saturated rings. The molecular formula is C9H9F2NO. The Balaban J connectivity index is 3.41. The van der Waals surface area contributed by atoms with Gasteiger partial charge in [-0.15, -0.1) is 0 Å². The van der Waals surface area contributed by atoms with Gasteiger partial charge >= 0.3 is 0 Å². The Morgan fingerprint density at radius 3 is 2.38 bits per heavy atom. The molecule has 4 heteroatoms. The zero-order valence-electron chi connectivity index (χ0n) is 7.34. The summed E-state index contributed by atoms with van der Waals surface area (Å²) in [6, 6.07) is 2.19. The van der Waals surface area contributed by atoms with Gasteiger partial charge in [0, 0.05) is 19.7 Å². The zero-order valence-corrected chi connectivity index (χ0v) is 7.34. The van der Waals surface area contributed by atoms with Gasteiger partial charge in [-0.25, -0.2) is 8.78 Å². The van der Waals surface area contributed by atoms with Crippen LogP contribution in [0, 0.1) is 11.6 Å². The van der Waals surface area contributed by atoms with Gasteiger partial charge in [0.1, 0.15) is 0 Å². The maximum Gasteiger partial charge on any atom is 0.182 e. The van der Waals surface area contributed by atoms with E-state index in [9.17, 15) is 13.6 Å². The van der Waals surface area contributed by atoms with E-state index in [1.807, 2.05) is 0 Å². The molecule has 2 nitrogen and oxygen atoms in total. The fourth-order valence-electron chi connectivity index (χ4n) is 1.10. The molecular weight excluding hydrogens is 176 g/mol. The van der Waals surface area contributed by atoms with Crippen molar-refractivity contribution in [3.63, 3.8) is 0 Å². The second kappa shape index (κ2) is 3.51. The van der Waals surface area contributed by atoms with Gasteiger partial charge < -0.3 is 4.90 Å². The highest BCUT2D eigenvalue weighted by Gasteiger charge is 2.14. The maximum absolute atomic E-state index is 13.1. The summed E-state index contributed by atoms with van der Waals surface area (Å²) in [4.78, 5) is 11.8. The lowest BCUT2D eigenvalue weighted by atomic mass is 10.1. The van der Waals surface area contributed by atoms with Crippen molar-refractivity contribution < 1.29 is 13.6 Å². The van der Waals surface area contributed by atoms with Gasteiger partial charge in [0.05, 0.1) is 5.69 Å². The molecule has 0 spiro atoms. The summed E-state index contributed by atoms with van der Waals surface area (Å²) in [5.74, 6) is -1.94. The summed E-state index contributed by atoms with van der Waals surface area (Å²) in [5.41, 5.74) is 0.124. The van der Waals surface area contributed by atoms with Crippen molar-refractivity contribution in [3.8, 4) is 0 Å². The van der Waals surface area contributed by atoms with E-state index in [1.54, 1.807) is 14.1 Å². The average Bonchev–Trinajstić information content (AvgIpc) is 2.08. The predicted molar refractivity (Wildman–Crippen MR) is 46.1 cm³/mol. The van der Waals surface area contributed by atoms with E-state index in [2.05, 4.69) is 0 Å². The molecule has 1 aromatic carbocycles. The van der Waals surface area contributed by atoms with E-state index >= 15 is 0 Å². The van der Waals surface area contributed by atoms with E-state index < -0.39 is 11.6 Å². The molecule has 0 atom stereocenters.